The van der Waals surface area contributed by atoms with Gasteiger partial charge in [0, 0.05) is 12.6 Å². The number of nitrogens with one attached hydrogen (secondary N) is 1. The van der Waals surface area contributed by atoms with Crippen LogP contribution in [0.3, 0.4) is 0 Å². The lowest BCUT2D eigenvalue weighted by Crippen LogP contribution is -2.18. The van der Waals surface area contributed by atoms with Gasteiger partial charge in [0.25, 0.3) is 5.91 Å². The zero-order valence-corrected chi connectivity index (χ0v) is 12.4. The number of hydrogen-bond donors (Lipinski definition) is 1. The first-order valence-electron chi connectivity index (χ1n) is 6.70. The lowest BCUT2D eigenvalue weighted by atomic mass is 9.93. The molecule has 0 fully saturated rings. The Kier molecular flexibility index (Phi) is 3.74. The van der Waals surface area contributed by atoms with Crippen molar-refractivity contribution in [2.24, 2.45) is 0 Å². The molecule has 1 unspecified atom stereocenters. The van der Waals surface area contributed by atoms with Gasteiger partial charge in [0.1, 0.15) is 17.1 Å². The topological polar surface area (TPSA) is 62.1 Å². The van der Waals surface area contributed by atoms with Gasteiger partial charge < -0.3 is 10.1 Å². The van der Waals surface area contributed by atoms with Crippen LogP contribution in [-0.4, -0.2) is 19.6 Å². The first-order valence-corrected chi connectivity index (χ1v) is 7.51. The Balaban J connectivity index is 2.08. The molecule has 21 heavy (non-hydrogen) atoms. The minimum atomic E-state index is -0.265. The van der Waals surface area contributed by atoms with Gasteiger partial charge in [0.2, 0.25) is 0 Å². The summed E-state index contributed by atoms with van der Waals surface area (Å²) >= 11 is 1.21. The number of amides is 1. The van der Waals surface area contributed by atoms with E-state index in [4.69, 9.17) is 4.74 Å². The van der Waals surface area contributed by atoms with E-state index in [1.807, 2.05) is 18.2 Å². The highest BCUT2D eigenvalue weighted by atomic mass is 32.1. The Morgan fingerprint density at radius 3 is 3.00 bits per heavy atom. The summed E-state index contributed by atoms with van der Waals surface area (Å²) in [6, 6.07) is 12.0. The maximum absolute atomic E-state index is 11.8. The summed E-state index contributed by atoms with van der Waals surface area (Å²) < 4.78 is 5.88. The van der Waals surface area contributed by atoms with Crippen LogP contribution in [0.2, 0.25) is 0 Å². The minimum Gasteiger partial charge on any atom is -0.368 e. The van der Waals surface area contributed by atoms with Crippen LogP contribution in [-0.2, 0) is 11.2 Å². The highest BCUT2D eigenvalue weighted by molar-refractivity contribution is 7.14. The normalized spacial score (nSPS) is 16.9. The lowest BCUT2D eigenvalue weighted by Gasteiger charge is -2.25. The Hall–Kier alpha value is -2.16. The average molecular weight is 298 g/mol. The van der Waals surface area contributed by atoms with E-state index in [2.05, 4.69) is 17.5 Å². The molecule has 2 aromatic rings. The first kappa shape index (κ1) is 13.8. The number of thiophene rings is 1. The summed E-state index contributed by atoms with van der Waals surface area (Å²) in [5.41, 5.74) is 3.11. The van der Waals surface area contributed by atoms with Crippen molar-refractivity contribution in [1.29, 1.82) is 5.26 Å². The summed E-state index contributed by atoms with van der Waals surface area (Å²) in [7, 11) is 1.58. The number of rotatable bonds is 2. The molecule has 1 amide bonds. The van der Waals surface area contributed by atoms with Crippen molar-refractivity contribution >= 4 is 17.2 Å². The van der Waals surface area contributed by atoms with Crippen molar-refractivity contribution in [3.05, 3.63) is 56.8 Å². The van der Waals surface area contributed by atoms with E-state index in [1.165, 1.54) is 16.9 Å². The van der Waals surface area contributed by atoms with E-state index in [9.17, 15) is 10.1 Å². The molecule has 2 heterocycles. The van der Waals surface area contributed by atoms with Crippen LogP contribution in [0.25, 0.3) is 0 Å². The quantitative estimate of drug-likeness (QED) is 0.927. The van der Waals surface area contributed by atoms with Crippen molar-refractivity contribution in [3.63, 3.8) is 0 Å². The average Bonchev–Trinajstić information content (AvgIpc) is 2.97. The number of carbonyl (C=O) groups is 1. The Morgan fingerprint density at radius 1 is 1.43 bits per heavy atom. The summed E-state index contributed by atoms with van der Waals surface area (Å²) in [6.45, 7) is 0.623. The molecule has 5 heteroatoms. The van der Waals surface area contributed by atoms with Crippen molar-refractivity contribution < 1.29 is 9.53 Å². The lowest BCUT2D eigenvalue weighted by molar-refractivity contribution is 0.0699. The number of fused-ring (bicyclic) bond motifs is 1. The smallest absolute Gasteiger partial charge is 0.261 e. The van der Waals surface area contributed by atoms with Crippen LogP contribution in [0.15, 0.2) is 30.3 Å². The maximum Gasteiger partial charge on any atom is 0.261 e. The fraction of sp³-hybridized carbons (Fsp3) is 0.250. The van der Waals surface area contributed by atoms with E-state index in [0.717, 1.165) is 17.5 Å². The van der Waals surface area contributed by atoms with Crippen LogP contribution in [0, 0.1) is 11.3 Å². The predicted molar refractivity (Wildman–Crippen MR) is 80.4 cm³/mol. The highest BCUT2D eigenvalue weighted by Crippen LogP contribution is 2.37. The second-order valence-electron chi connectivity index (χ2n) is 4.79. The standard InChI is InChI=1S/C16H14N2O2S/c1-18-16(19)13-8-12(14(9-17)21-13)15-11-5-3-2-4-10(11)6-7-20-15/h2-5,8,15H,6-7H2,1H3,(H,18,19). The maximum atomic E-state index is 11.8. The van der Waals surface area contributed by atoms with Gasteiger partial charge >= 0.3 is 0 Å². The van der Waals surface area contributed by atoms with Gasteiger partial charge in [0.15, 0.2) is 0 Å². The fourth-order valence-electron chi connectivity index (χ4n) is 2.57. The van der Waals surface area contributed by atoms with Gasteiger partial charge in [-0.05, 0) is 23.6 Å². The largest absolute Gasteiger partial charge is 0.368 e. The van der Waals surface area contributed by atoms with Gasteiger partial charge in [-0.1, -0.05) is 24.3 Å². The summed E-state index contributed by atoms with van der Waals surface area (Å²) in [5, 5.41) is 11.9. The Morgan fingerprint density at radius 2 is 2.24 bits per heavy atom. The van der Waals surface area contributed by atoms with E-state index < -0.39 is 0 Å². The van der Waals surface area contributed by atoms with E-state index in [-0.39, 0.29) is 12.0 Å². The van der Waals surface area contributed by atoms with Crippen LogP contribution in [0.1, 0.15) is 37.3 Å². The Labute approximate surface area is 127 Å². The third-order valence-electron chi connectivity index (χ3n) is 3.59. The summed E-state index contributed by atoms with van der Waals surface area (Å²) in [4.78, 5) is 12.8. The fourth-order valence-corrected chi connectivity index (χ4v) is 3.50. The molecule has 1 atom stereocenters. The number of hydrogen-bond acceptors (Lipinski definition) is 4. The van der Waals surface area contributed by atoms with E-state index in [0.29, 0.717) is 16.4 Å². The van der Waals surface area contributed by atoms with Crippen molar-refractivity contribution in [2.45, 2.75) is 12.5 Å². The van der Waals surface area contributed by atoms with Crippen LogP contribution in [0.4, 0.5) is 0 Å². The zero-order chi connectivity index (χ0) is 14.8. The molecule has 0 spiro atoms. The molecule has 1 aliphatic heterocycles. The number of nitrogens with zero attached hydrogens (tertiary/aromatic N) is 1. The minimum absolute atomic E-state index is 0.174. The SMILES string of the molecule is CNC(=O)c1cc(C2OCCc3ccccc32)c(C#N)s1. The molecule has 1 aliphatic rings. The van der Waals surface area contributed by atoms with E-state index in [1.54, 1.807) is 13.1 Å². The molecule has 0 radical (unpaired) electrons. The number of benzene rings is 1. The monoisotopic (exact) mass is 298 g/mol. The van der Waals surface area contributed by atoms with E-state index >= 15 is 0 Å². The molecule has 1 aromatic heterocycles. The first-order chi connectivity index (χ1) is 10.2. The number of ether oxygens (including phenoxy) is 1. The molecule has 3 rings (SSSR count). The molecule has 0 aliphatic carbocycles. The van der Waals surface area contributed by atoms with Gasteiger partial charge in [0.05, 0.1) is 11.5 Å². The predicted octanol–water partition coefficient (Wildman–Crippen LogP) is 2.64. The molecular formula is C16H14N2O2S. The van der Waals surface area contributed by atoms with Crippen LogP contribution >= 0.6 is 11.3 Å². The van der Waals surface area contributed by atoms with Crippen LogP contribution < -0.4 is 5.32 Å². The Bertz CT molecular complexity index is 730. The summed E-state index contributed by atoms with van der Waals surface area (Å²) in [6.07, 6.45) is 0.611. The van der Waals surface area contributed by atoms with Gasteiger partial charge in [-0.2, -0.15) is 5.26 Å². The molecule has 106 valence electrons. The molecule has 0 bridgehead atoms. The number of nitriles is 1. The number of carbonyl (C=O) groups excluding carboxylic acids is 1. The molecular weight excluding hydrogens is 284 g/mol. The van der Waals surface area contributed by atoms with Crippen molar-refractivity contribution in [2.75, 3.05) is 13.7 Å². The third kappa shape index (κ3) is 2.44. The molecule has 1 aromatic carbocycles. The highest BCUT2D eigenvalue weighted by Gasteiger charge is 2.27. The third-order valence-corrected chi connectivity index (χ3v) is 4.64. The second-order valence-corrected chi connectivity index (χ2v) is 5.84. The molecule has 0 saturated heterocycles. The van der Waals surface area contributed by atoms with Gasteiger partial charge in [-0.3, -0.25) is 4.79 Å². The zero-order valence-electron chi connectivity index (χ0n) is 11.6. The van der Waals surface area contributed by atoms with Crippen molar-refractivity contribution in [1.82, 2.24) is 5.32 Å². The second kappa shape index (κ2) is 5.68. The van der Waals surface area contributed by atoms with Gasteiger partial charge in [-0.15, -0.1) is 11.3 Å². The van der Waals surface area contributed by atoms with Crippen molar-refractivity contribution in [3.8, 4) is 6.07 Å². The van der Waals surface area contributed by atoms with Crippen LogP contribution in [0.5, 0.6) is 0 Å². The molecule has 4 nitrogen and oxygen atoms in total. The molecule has 0 saturated carbocycles. The van der Waals surface area contributed by atoms with Gasteiger partial charge in [-0.25, -0.2) is 0 Å². The molecule has 1 N–H and O–H groups in total. The summed E-state index contributed by atoms with van der Waals surface area (Å²) in [5.74, 6) is -0.174.